The van der Waals surface area contributed by atoms with Gasteiger partial charge >= 0.3 is 12.2 Å². The Labute approximate surface area is 113 Å². The van der Waals surface area contributed by atoms with Gasteiger partial charge in [0.05, 0.1) is 13.2 Å². The first kappa shape index (κ1) is 15.0. The predicted octanol–water partition coefficient (Wildman–Crippen LogP) is 1.01. The summed E-state index contributed by atoms with van der Waals surface area (Å²) in [6.45, 7) is 1.46. The molecule has 2 aliphatic rings. The first-order valence-corrected chi connectivity index (χ1v) is 6.20. The van der Waals surface area contributed by atoms with Crippen molar-refractivity contribution in [3.63, 3.8) is 0 Å². The lowest BCUT2D eigenvalue weighted by Crippen LogP contribution is -2.56. The number of carbonyl (C=O) groups excluding carboxylic acids is 2. The lowest BCUT2D eigenvalue weighted by molar-refractivity contribution is -0.192. The largest absolute Gasteiger partial charge is 0.420 e. The number of nitrogens with zero attached hydrogens (tertiary/aromatic N) is 1. The standard InChI is InChI=1S/C11H15F3N2O4/c1-10(11(12,13)14)8(17)16(9(18)15-10)4-3-7-19-5-2-6-20-7/h7H,2-6H2,1H3,(H,15,18). The molecule has 0 aromatic carbocycles. The minimum absolute atomic E-state index is 0.146. The Morgan fingerprint density at radius 1 is 1.35 bits per heavy atom. The van der Waals surface area contributed by atoms with Gasteiger partial charge < -0.3 is 14.8 Å². The van der Waals surface area contributed by atoms with E-state index in [4.69, 9.17) is 9.47 Å². The fraction of sp³-hybridized carbons (Fsp3) is 0.818. The van der Waals surface area contributed by atoms with Gasteiger partial charge in [0, 0.05) is 13.0 Å². The fourth-order valence-electron chi connectivity index (χ4n) is 2.03. The first-order chi connectivity index (χ1) is 9.25. The average molecular weight is 296 g/mol. The zero-order chi connectivity index (χ0) is 15.0. The molecule has 2 heterocycles. The minimum Gasteiger partial charge on any atom is -0.353 e. The molecule has 1 atom stereocenters. The van der Waals surface area contributed by atoms with E-state index in [0.717, 1.165) is 6.42 Å². The van der Waals surface area contributed by atoms with E-state index in [1.807, 2.05) is 0 Å². The number of hydrogen-bond acceptors (Lipinski definition) is 4. The lowest BCUT2D eigenvalue weighted by atomic mass is 10.0. The van der Waals surface area contributed by atoms with Gasteiger partial charge in [0.25, 0.3) is 5.91 Å². The van der Waals surface area contributed by atoms with Gasteiger partial charge in [-0.2, -0.15) is 13.2 Å². The highest BCUT2D eigenvalue weighted by atomic mass is 19.4. The molecule has 0 radical (unpaired) electrons. The fourth-order valence-corrected chi connectivity index (χ4v) is 2.03. The van der Waals surface area contributed by atoms with Crippen molar-refractivity contribution < 1.29 is 32.2 Å². The SMILES string of the molecule is CC1(C(F)(F)F)NC(=O)N(CCC2OCCCO2)C1=O. The van der Waals surface area contributed by atoms with Crippen LogP contribution in [0.25, 0.3) is 0 Å². The number of nitrogens with one attached hydrogen (secondary N) is 1. The van der Waals surface area contributed by atoms with E-state index in [1.165, 1.54) is 0 Å². The summed E-state index contributed by atoms with van der Waals surface area (Å²) in [5, 5.41) is 1.69. The molecule has 3 amide bonds. The molecule has 1 unspecified atom stereocenters. The highest BCUT2D eigenvalue weighted by molar-refractivity contribution is 6.07. The molecule has 2 rings (SSSR count). The Morgan fingerprint density at radius 2 is 1.95 bits per heavy atom. The van der Waals surface area contributed by atoms with Crippen molar-refractivity contribution in [2.45, 2.75) is 37.8 Å². The number of imide groups is 1. The number of ether oxygens (including phenoxy) is 2. The molecular formula is C11H15F3N2O4. The predicted molar refractivity (Wildman–Crippen MR) is 59.6 cm³/mol. The Hall–Kier alpha value is -1.35. The molecule has 20 heavy (non-hydrogen) atoms. The second-order valence-corrected chi connectivity index (χ2v) is 4.82. The summed E-state index contributed by atoms with van der Waals surface area (Å²) in [5.41, 5.74) is -2.86. The van der Waals surface area contributed by atoms with Gasteiger partial charge in [0.15, 0.2) is 6.29 Å². The average Bonchev–Trinajstić information content (AvgIpc) is 2.60. The lowest BCUT2D eigenvalue weighted by Gasteiger charge is -2.26. The first-order valence-electron chi connectivity index (χ1n) is 6.20. The molecule has 0 aromatic rings. The van der Waals surface area contributed by atoms with Crippen LogP contribution in [0.3, 0.4) is 0 Å². The molecule has 2 aliphatic heterocycles. The van der Waals surface area contributed by atoms with Crippen molar-refractivity contribution in [3.8, 4) is 0 Å². The Kier molecular flexibility index (Phi) is 3.92. The number of urea groups is 1. The van der Waals surface area contributed by atoms with Crippen LogP contribution >= 0.6 is 0 Å². The Morgan fingerprint density at radius 3 is 2.45 bits per heavy atom. The summed E-state index contributed by atoms with van der Waals surface area (Å²) in [5.74, 6) is -1.30. The molecule has 1 N–H and O–H groups in total. The van der Waals surface area contributed by atoms with Gasteiger partial charge in [-0.25, -0.2) is 4.79 Å². The maximum Gasteiger partial charge on any atom is 0.420 e. The quantitative estimate of drug-likeness (QED) is 0.789. The molecule has 0 saturated carbocycles. The zero-order valence-electron chi connectivity index (χ0n) is 10.8. The summed E-state index contributed by atoms with van der Waals surface area (Å²) < 4.78 is 48.9. The summed E-state index contributed by atoms with van der Waals surface area (Å²) >= 11 is 0. The Bertz CT molecular complexity index is 409. The topological polar surface area (TPSA) is 67.9 Å². The van der Waals surface area contributed by atoms with E-state index in [9.17, 15) is 22.8 Å². The third kappa shape index (κ3) is 2.59. The molecule has 0 spiro atoms. The van der Waals surface area contributed by atoms with Crippen LogP contribution in [-0.2, 0) is 14.3 Å². The van der Waals surface area contributed by atoms with Gasteiger partial charge in [0.1, 0.15) is 0 Å². The summed E-state index contributed by atoms with van der Waals surface area (Å²) in [7, 11) is 0. The second kappa shape index (κ2) is 5.21. The number of rotatable bonds is 3. The third-order valence-corrected chi connectivity index (χ3v) is 3.33. The van der Waals surface area contributed by atoms with E-state index >= 15 is 0 Å². The third-order valence-electron chi connectivity index (χ3n) is 3.33. The molecule has 0 aromatic heterocycles. The summed E-state index contributed by atoms with van der Waals surface area (Å²) in [4.78, 5) is 23.9. The molecule has 114 valence electrons. The van der Waals surface area contributed by atoms with Gasteiger partial charge in [0.2, 0.25) is 5.54 Å². The van der Waals surface area contributed by atoms with E-state index in [1.54, 1.807) is 5.32 Å². The van der Waals surface area contributed by atoms with E-state index in [0.29, 0.717) is 25.0 Å². The zero-order valence-corrected chi connectivity index (χ0v) is 10.8. The van der Waals surface area contributed by atoms with Crippen LogP contribution < -0.4 is 5.32 Å². The molecule has 0 aliphatic carbocycles. The number of hydrogen-bond donors (Lipinski definition) is 1. The van der Waals surface area contributed by atoms with Crippen molar-refractivity contribution in [1.82, 2.24) is 10.2 Å². The van der Waals surface area contributed by atoms with Crippen LogP contribution in [0.2, 0.25) is 0 Å². The number of alkyl halides is 3. The van der Waals surface area contributed by atoms with Crippen LogP contribution in [0.4, 0.5) is 18.0 Å². The van der Waals surface area contributed by atoms with Crippen molar-refractivity contribution in [3.05, 3.63) is 0 Å². The molecule has 0 bridgehead atoms. The van der Waals surface area contributed by atoms with Gasteiger partial charge in [-0.1, -0.05) is 0 Å². The monoisotopic (exact) mass is 296 g/mol. The van der Waals surface area contributed by atoms with Gasteiger partial charge in [-0.05, 0) is 13.3 Å². The molecular weight excluding hydrogens is 281 g/mol. The maximum absolute atomic E-state index is 12.8. The van der Waals surface area contributed by atoms with Crippen molar-refractivity contribution in [1.29, 1.82) is 0 Å². The van der Waals surface area contributed by atoms with Crippen LogP contribution in [0.1, 0.15) is 19.8 Å². The van der Waals surface area contributed by atoms with Gasteiger partial charge in [-0.15, -0.1) is 0 Å². The van der Waals surface area contributed by atoms with Crippen LogP contribution in [0.5, 0.6) is 0 Å². The summed E-state index contributed by atoms with van der Waals surface area (Å²) in [6.07, 6.45) is -4.55. The number of carbonyl (C=O) groups is 2. The number of halogens is 3. The minimum atomic E-state index is -4.84. The van der Waals surface area contributed by atoms with E-state index in [-0.39, 0.29) is 13.0 Å². The number of amides is 3. The maximum atomic E-state index is 12.8. The highest BCUT2D eigenvalue weighted by Crippen LogP contribution is 2.35. The smallest absolute Gasteiger partial charge is 0.353 e. The van der Waals surface area contributed by atoms with E-state index < -0.39 is 29.9 Å². The molecule has 2 fully saturated rings. The molecule has 9 heteroatoms. The highest BCUT2D eigenvalue weighted by Gasteiger charge is 2.64. The summed E-state index contributed by atoms with van der Waals surface area (Å²) in [6, 6.07) is -1.05. The Balaban J connectivity index is 1.98. The van der Waals surface area contributed by atoms with Crippen LogP contribution in [0, 0.1) is 0 Å². The second-order valence-electron chi connectivity index (χ2n) is 4.82. The molecule has 6 nitrogen and oxygen atoms in total. The van der Waals surface area contributed by atoms with Crippen molar-refractivity contribution >= 4 is 11.9 Å². The van der Waals surface area contributed by atoms with Crippen LogP contribution in [0.15, 0.2) is 0 Å². The van der Waals surface area contributed by atoms with Crippen molar-refractivity contribution in [2.24, 2.45) is 0 Å². The van der Waals surface area contributed by atoms with Crippen LogP contribution in [-0.4, -0.2) is 54.6 Å². The normalized spacial score (nSPS) is 28.9. The van der Waals surface area contributed by atoms with Gasteiger partial charge in [-0.3, -0.25) is 9.69 Å². The van der Waals surface area contributed by atoms with E-state index in [2.05, 4.69) is 0 Å². The molecule has 2 saturated heterocycles. The van der Waals surface area contributed by atoms with Crippen molar-refractivity contribution in [2.75, 3.05) is 19.8 Å².